The molecular formula is C18H29NO. The van der Waals surface area contributed by atoms with Gasteiger partial charge in [-0.15, -0.1) is 0 Å². The van der Waals surface area contributed by atoms with E-state index in [9.17, 15) is 0 Å². The Morgan fingerprint density at radius 2 is 2.00 bits per heavy atom. The SMILES string of the molecule is CCCCCCOC1CCc2ccccc2C1NCC. The van der Waals surface area contributed by atoms with Crippen LogP contribution in [0.15, 0.2) is 24.3 Å². The molecule has 20 heavy (non-hydrogen) atoms. The van der Waals surface area contributed by atoms with E-state index in [0.29, 0.717) is 12.1 Å². The second-order valence-electron chi connectivity index (χ2n) is 5.74. The number of hydrogen-bond acceptors (Lipinski definition) is 2. The minimum atomic E-state index is 0.339. The fourth-order valence-corrected chi connectivity index (χ4v) is 3.13. The zero-order valence-electron chi connectivity index (χ0n) is 13.0. The van der Waals surface area contributed by atoms with Crippen molar-refractivity contribution in [3.05, 3.63) is 35.4 Å². The molecule has 2 atom stereocenters. The van der Waals surface area contributed by atoms with Crippen LogP contribution < -0.4 is 5.32 Å². The topological polar surface area (TPSA) is 21.3 Å². The van der Waals surface area contributed by atoms with Gasteiger partial charge in [-0.2, -0.15) is 0 Å². The molecule has 0 saturated carbocycles. The number of nitrogens with one attached hydrogen (secondary N) is 1. The third-order valence-electron chi connectivity index (χ3n) is 4.21. The van der Waals surface area contributed by atoms with Crippen LogP contribution in [0.4, 0.5) is 0 Å². The van der Waals surface area contributed by atoms with Crippen LogP contribution in [-0.4, -0.2) is 19.3 Å². The molecule has 0 aliphatic heterocycles. The summed E-state index contributed by atoms with van der Waals surface area (Å²) in [4.78, 5) is 0. The van der Waals surface area contributed by atoms with Crippen molar-refractivity contribution < 1.29 is 4.74 Å². The maximum atomic E-state index is 6.19. The third-order valence-corrected chi connectivity index (χ3v) is 4.21. The molecule has 1 N–H and O–H groups in total. The number of likely N-dealkylation sites (N-methyl/N-ethyl adjacent to an activating group) is 1. The Balaban J connectivity index is 1.92. The maximum absolute atomic E-state index is 6.19. The van der Waals surface area contributed by atoms with Crippen molar-refractivity contribution in [1.82, 2.24) is 5.32 Å². The molecule has 1 aliphatic carbocycles. The molecule has 2 rings (SSSR count). The highest BCUT2D eigenvalue weighted by atomic mass is 16.5. The summed E-state index contributed by atoms with van der Waals surface area (Å²) in [5.41, 5.74) is 2.93. The monoisotopic (exact) mass is 275 g/mol. The Kier molecular flexibility index (Phi) is 6.55. The number of fused-ring (bicyclic) bond motifs is 1. The summed E-state index contributed by atoms with van der Waals surface area (Å²) in [6, 6.07) is 9.18. The van der Waals surface area contributed by atoms with Crippen LogP contribution in [0, 0.1) is 0 Å². The van der Waals surface area contributed by atoms with Gasteiger partial charge in [0.1, 0.15) is 0 Å². The van der Waals surface area contributed by atoms with Gasteiger partial charge >= 0.3 is 0 Å². The highest BCUT2D eigenvalue weighted by Crippen LogP contribution is 2.31. The first-order valence-electron chi connectivity index (χ1n) is 8.29. The minimum Gasteiger partial charge on any atom is -0.376 e. The standard InChI is InChI=1S/C18H29NO/c1-3-5-6-9-14-20-17-13-12-15-10-7-8-11-16(15)18(17)19-4-2/h7-8,10-11,17-19H,3-6,9,12-14H2,1-2H3. The highest BCUT2D eigenvalue weighted by molar-refractivity contribution is 5.33. The largest absolute Gasteiger partial charge is 0.376 e. The molecule has 1 aromatic rings. The predicted octanol–water partition coefficient (Wildman–Crippen LogP) is 4.25. The summed E-state index contributed by atoms with van der Waals surface area (Å²) in [5.74, 6) is 0. The van der Waals surface area contributed by atoms with E-state index in [1.54, 1.807) is 0 Å². The van der Waals surface area contributed by atoms with Crippen molar-refractivity contribution in [2.75, 3.05) is 13.2 Å². The second-order valence-corrected chi connectivity index (χ2v) is 5.74. The van der Waals surface area contributed by atoms with Crippen LogP contribution >= 0.6 is 0 Å². The van der Waals surface area contributed by atoms with Crippen molar-refractivity contribution in [2.45, 2.75) is 64.5 Å². The molecule has 0 aromatic heterocycles. The van der Waals surface area contributed by atoms with Gasteiger partial charge in [-0.25, -0.2) is 0 Å². The lowest BCUT2D eigenvalue weighted by molar-refractivity contribution is 0.0140. The normalized spacial score (nSPS) is 21.7. The number of hydrogen-bond donors (Lipinski definition) is 1. The first-order valence-corrected chi connectivity index (χ1v) is 8.29. The number of rotatable bonds is 8. The molecule has 2 nitrogen and oxygen atoms in total. The number of benzene rings is 1. The van der Waals surface area contributed by atoms with Crippen LogP contribution in [0.2, 0.25) is 0 Å². The van der Waals surface area contributed by atoms with Crippen LogP contribution in [-0.2, 0) is 11.2 Å². The van der Waals surface area contributed by atoms with Crippen molar-refractivity contribution in [2.24, 2.45) is 0 Å². The second kappa shape index (κ2) is 8.43. The summed E-state index contributed by atoms with van der Waals surface area (Å²) in [5, 5.41) is 3.62. The minimum absolute atomic E-state index is 0.339. The number of ether oxygens (including phenoxy) is 1. The third kappa shape index (κ3) is 4.07. The van der Waals surface area contributed by atoms with E-state index in [0.717, 1.165) is 26.0 Å². The first-order chi connectivity index (χ1) is 9.86. The molecular weight excluding hydrogens is 246 g/mol. The van der Waals surface area contributed by atoms with Gasteiger partial charge in [-0.1, -0.05) is 57.4 Å². The van der Waals surface area contributed by atoms with Gasteiger partial charge in [0.05, 0.1) is 12.1 Å². The zero-order chi connectivity index (χ0) is 14.2. The molecule has 0 amide bonds. The molecule has 0 spiro atoms. The summed E-state index contributed by atoms with van der Waals surface area (Å²) in [6.45, 7) is 6.33. The molecule has 0 fully saturated rings. The molecule has 0 saturated heterocycles. The van der Waals surface area contributed by atoms with E-state index in [-0.39, 0.29) is 0 Å². The van der Waals surface area contributed by atoms with Gasteiger partial charge in [0, 0.05) is 6.61 Å². The Hall–Kier alpha value is -0.860. The summed E-state index contributed by atoms with van der Waals surface area (Å²) < 4.78 is 6.19. The maximum Gasteiger partial charge on any atom is 0.0773 e. The van der Waals surface area contributed by atoms with Crippen LogP contribution in [0.25, 0.3) is 0 Å². The van der Waals surface area contributed by atoms with E-state index in [2.05, 4.69) is 43.4 Å². The smallest absolute Gasteiger partial charge is 0.0773 e. The average molecular weight is 275 g/mol. The first kappa shape index (κ1) is 15.5. The lowest BCUT2D eigenvalue weighted by atomic mass is 9.85. The van der Waals surface area contributed by atoms with Gasteiger partial charge in [-0.05, 0) is 36.9 Å². The quantitative estimate of drug-likeness (QED) is 0.716. The predicted molar refractivity (Wildman–Crippen MR) is 85.1 cm³/mol. The molecule has 2 unspecified atom stereocenters. The molecule has 0 radical (unpaired) electrons. The molecule has 0 bridgehead atoms. The van der Waals surface area contributed by atoms with Crippen molar-refractivity contribution in [1.29, 1.82) is 0 Å². The van der Waals surface area contributed by atoms with Gasteiger partial charge in [0.15, 0.2) is 0 Å². The Bertz CT molecular complexity index is 391. The van der Waals surface area contributed by atoms with E-state index in [4.69, 9.17) is 4.74 Å². The summed E-state index contributed by atoms with van der Waals surface area (Å²) in [6.07, 6.45) is 7.74. The van der Waals surface area contributed by atoms with Crippen LogP contribution in [0.1, 0.15) is 63.1 Å². The zero-order valence-corrected chi connectivity index (χ0v) is 13.0. The van der Waals surface area contributed by atoms with Crippen molar-refractivity contribution in [3.63, 3.8) is 0 Å². The molecule has 2 heteroatoms. The van der Waals surface area contributed by atoms with E-state index in [1.807, 2.05) is 0 Å². The van der Waals surface area contributed by atoms with Crippen LogP contribution in [0.5, 0.6) is 0 Å². The van der Waals surface area contributed by atoms with Crippen molar-refractivity contribution in [3.8, 4) is 0 Å². The number of unbranched alkanes of at least 4 members (excludes halogenated alkanes) is 3. The Morgan fingerprint density at radius 3 is 2.80 bits per heavy atom. The van der Waals surface area contributed by atoms with Gasteiger partial charge in [0.25, 0.3) is 0 Å². The number of aryl methyl sites for hydroxylation is 1. The van der Waals surface area contributed by atoms with Gasteiger partial charge in [0.2, 0.25) is 0 Å². The van der Waals surface area contributed by atoms with Gasteiger partial charge in [-0.3, -0.25) is 0 Å². The van der Waals surface area contributed by atoms with E-state index >= 15 is 0 Å². The molecule has 1 aromatic carbocycles. The summed E-state index contributed by atoms with van der Waals surface area (Å²) in [7, 11) is 0. The molecule has 1 aliphatic rings. The summed E-state index contributed by atoms with van der Waals surface area (Å²) >= 11 is 0. The fraction of sp³-hybridized carbons (Fsp3) is 0.667. The fourth-order valence-electron chi connectivity index (χ4n) is 3.13. The molecule has 0 heterocycles. The van der Waals surface area contributed by atoms with Crippen LogP contribution in [0.3, 0.4) is 0 Å². The lowest BCUT2D eigenvalue weighted by Gasteiger charge is -2.34. The van der Waals surface area contributed by atoms with Crippen molar-refractivity contribution >= 4 is 0 Å². The highest BCUT2D eigenvalue weighted by Gasteiger charge is 2.29. The Morgan fingerprint density at radius 1 is 1.15 bits per heavy atom. The molecule has 112 valence electrons. The van der Waals surface area contributed by atoms with E-state index in [1.165, 1.54) is 36.8 Å². The average Bonchev–Trinajstić information content (AvgIpc) is 2.49. The lowest BCUT2D eigenvalue weighted by Crippen LogP contribution is -2.37. The van der Waals surface area contributed by atoms with Gasteiger partial charge < -0.3 is 10.1 Å². The van der Waals surface area contributed by atoms with E-state index < -0.39 is 0 Å². The Labute approximate surface area is 123 Å².